The predicted octanol–water partition coefficient (Wildman–Crippen LogP) is 1.74. The van der Waals surface area contributed by atoms with E-state index < -0.39 is 5.97 Å². The van der Waals surface area contributed by atoms with Gasteiger partial charge in [-0.05, 0) is 36.6 Å². The molecule has 1 fully saturated rings. The van der Waals surface area contributed by atoms with Gasteiger partial charge in [0.05, 0.1) is 13.0 Å². The molecule has 0 radical (unpaired) electrons. The molecule has 1 aliphatic heterocycles. The Hall–Kier alpha value is -2.50. The van der Waals surface area contributed by atoms with E-state index >= 15 is 0 Å². The number of carboxylic acid groups (broad SMARTS) is 1. The van der Waals surface area contributed by atoms with E-state index in [0.29, 0.717) is 31.7 Å². The molecule has 0 spiro atoms. The van der Waals surface area contributed by atoms with Gasteiger partial charge in [-0.1, -0.05) is 6.07 Å². The first kappa shape index (κ1) is 15.9. The van der Waals surface area contributed by atoms with Crippen LogP contribution in [0.15, 0.2) is 24.3 Å². The van der Waals surface area contributed by atoms with E-state index in [2.05, 4.69) is 0 Å². The molecule has 6 nitrogen and oxygen atoms in total. The minimum absolute atomic E-state index is 0.0433. The number of hydrogen-bond donors (Lipinski definition) is 2. The summed E-state index contributed by atoms with van der Waals surface area (Å²) in [7, 11) is 1.46. The average molecular weight is 305 g/mol. The van der Waals surface area contributed by atoms with Crippen LogP contribution in [0.2, 0.25) is 0 Å². The number of aliphatic carboxylic acids is 1. The first-order valence-corrected chi connectivity index (χ1v) is 7.08. The lowest BCUT2D eigenvalue weighted by Gasteiger charge is -2.29. The normalized spacial score (nSPS) is 16.0. The van der Waals surface area contributed by atoms with E-state index in [1.165, 1.54) is 19.3 Å². The summed E-state index contributed by atoms with van der Waals surface area (Å²) < 4.78 is 5.01. The van der Waals surface area contributed by atoms with Gasteiger partial charge >= 0.3 is 5.97 Å². The third-order valence-electron chi connectivity index (χ3n) is 3.78. The maximum absolute atomic E-state index is 12.1. The lowest BCUT2D eigenvalue weighted by molar-refractivity contribution is -0.144. The summed E-state index contributed by atoms with van der Waals surface area (Å²) in [5, 5.41) is 18.5. The molecule has 22 heavy (non-hydrogen) atoms. The number of carboxylic acids is 1. The van der Waals surface area contributed by atoms with E-state index in [0.717, 1.165) is 5.56 Å². The van der Waals surface area contributed by atoms with Crippen molar-refractivity contribution >= 4 is 18.0 Å². The number of aromatic hydroxyl groups is 1. The number of nitrogens with zero attached hydrogens (tertiary/aromatic N) is 1. The van der Waals surface area contributed by atoms with Crippen LogP contribution in [0.1, 0.15) is 18.4 Å². The maximum Gasteiger partial charge on any atom is 0.306 e. The second-order valence-corrected chi connectivity index (χ2v) is 5.20. The Balaban J connectivity index is 1.96. The Morgan fingerprint density at radius 3 is 2.59 bits per heavy atom. The van der Waals surface area contributed by atoms with E-state index in [9.17, 15) is 14.7 Å². The molecule has 0 saturated carbocycles. The number of methoxy groups -OCH3 is 1. The standard InChI is InChI=1S/C16H19NO5/c1-22-14-10-11(2-4-13(14)18)3-5-15(19)17-8-6-12(7-9-17)16(20)21/h2-5,10,12,18H,6-9H2,1H3,(H,20,21)/b5-3+. The largest absolute Gasteiger partial charge is 0.504 e. The molecule has 1 saturated heterocycles. The van der Waals surface area contributed by atoms with Gasteiger partial charge in [-0.3, -0.25) is 9.59 Å². The SMILES string of the molecule is COc1cc(/C=C/C(=O)N2CCC(C(=O)O)CC2)ccc1O. The number of rotatable bonds is 4. The molecule has 0 aliphatic carbocycles. The van der Waals surface area contributed by atoms with Crippen LogP contribution in [-0.2, 0) is 9.59 Å². The molecule has 6 heteroatoms. The van der Waals surface area contributed by atoms with Crippen LogP contribution >= 0.6 is 0 Å². The third kappa shape index (κ3) is 3.78. The number of benzene rings is 1. The number of carbonyl (C=O) groups is 2. The van der Waals surface area contributed by atoms with Crippen molar-refractivity contribution in [1.29, 1.82) is 0 Å². The van der Waals surface area contributed by atoms with Gasteiger partial charge in [0.2, 0.25) is 5.91 Å². The van der Waals surface area contributed by atoms with Crippen LogP contribution < -0.4 is 4.74 Å². The Morgan fingerprint density at radius 2 is 2.00 bits per heavy atom. The van der Waals surface area contributed by atoms with Crippen molar-refractivity contribution in [3.8, 4) is 11.5 Å². The minimum Gasteiger partial charge on any atom is -0.504 e. The van der Waals surface area contributed by atoms with Crippen LogP contribution in [0.3, 0.4) is 0 Å². The summed E-state index contributed by atoms with van der Waals surface area (Å²) in [4.78, 5) is 24.6. The summed E-state index contributed by atoms with van der Waals surface area (Å²) in [6.45, 7) is 0.915. The van der Waals surface area contributed by atoms with Crippen LogP contribution in [0, 0.1) is 5.92 Å². The second kappa shape index (κ2) is 6.98. The molecule has 2 N–H and O–H groups in total. The average Bonchev–Trinajstić information content (AvgIpc) is 2.53. The van der Waals surface area contributed by atoms with E-state index in [1.54, 1.807) is 23.1 Å². The Morgan fingerprint density at radius 1 is 1.32 bits per heavy atom. The smallest absolute Gasteiger partial charge is 0.306 e. The highest BCUT2D eigenvalue weighted by Crippen LogP contribution is 2.26. The molecule has 1 heterocycles. The quantitative estimate of drug-likeness (QED) is 0.827. The van der Waals surface area contributed by atoms with Gasteiger partial charge in [-0.2, -0.15) is 0 Å². The van der Waals surface area contributed by atoms with Gasteiger partial charge in [-0.15, -0.1) is 0 Å². The fraction of sp³-hybridized carbons (Fsp3) is 0.375. The molecule has 2 rings (SSSR count). The lowest BCUT2D eigenvalue weighted by atomic mass is 9.97. The van der Waals surface area contributed by atoms with E-state index in [4.69, 9.17) is 9.84 Å². The molecule has 0 unspecified atom stereocenters. The second-order valence-electron chi connectivity index (χ2n) is 5.20. The van der Waals surface area contributed by atoms with Crippen molar-refractivity contribution in [2.75, 3.05) is 20.2 Å². The van der Waals surface area contributed by atoms with Gasteiger partial charge < -0.3 is 19.8 Å². The number of piperidine rings is 1. The van der Waals surface area contributed by atoms with Crippen LogP contribution in [0.4, 0.5) is 0 Å². The first-order valence-electron chi connectivity index (χ1n) is 7.08. The van der Waals surface area contributed by atoms with Gasteiger partial charge in [-0.25, -0.2) is 0 Å². The van der Waals surface area contributed by atoms with Crippen molar-refractivity contribution in [3.05, 3.63) is 29.8 Å². The van der Waals surface area contributed by atoms with Crippen molar-refractivity contribution in [2.45, 2.75) is 12.8 Å². The van der Waals surface area contributed by atoms with Gasteiger partial charge in [0.15, 0.2) is 11.5 Å². The molecule has 0 atom stereocenters. The first-order chi connectivity index (χ1) is 10.5. The Bertz CT molecular complexity index is 588. The summed E-state index contributed by atoms with van der Waals surface area (Å²) in [6, 6.07) is 4.81. The molecule has 0 bridgehead atoms. The summed E-state index contributed by atoms with van der Waals surface area (Å²) in [5.74, 6) is -0.900. The number of likely N-dealkylation sites (tertiary alicyclic amines) is 1. The monoisotopic (exact) mass is 305 g/mol. The highest BCUT2D eigenvalue weighted by molar-refractivity contribution is 5.92. The molecule has 1 aliphatic rings. The third-order valence-corrected chi connectivity index (χ3v) is 3.78. The molecular formula is C16H19NO5. The number of amides is 1. The summed E-state index contributed by atoms with van der Waals surface area (Å²) in [5.41, 5.74) is 0.739. The van der Waals surface area contributed by atoms with Crippen LogP contribution in [-0.4, -0.2) is 47.2 Å². The zero-order chi connectivity index (χ0) is 16.1. The topological polar surface area (TPSA) is 87.1 Å². The fourth-order valence-electron chi connectivity index (χ4n) is 2.42. The highest BCUT2D eigenvalue weighted by atomic mass is 16.5. The zero-order valence-electron chi connectivity index (χ0n) is 12.4. The number of phenolic OH excluding ortho intramolecular Hbond substituents is 1. The Labute approximate surface area is 128 Å². The maximum atomic E-state index is 12.1. The minimum atomic E-state index is -0.793. The number of phenols is 1. The van der Waals surface area contributed by atoms with E-state index in [1.807, 2.05) is 0 Å². The summed E-state index contributed by atoms with van der Waals surface area (Å²) in [6.07, 6.45) is 4.07. The molecule has 1 amide bonds. The highest BCUT2D eigenvalue weighted by Gasteiger charge is 2.25. The van der Waals surface area contributed by atoms with Gasteiger partial charge in [0, 0.05) is 19.2 Å². The van der Waals surface area contributed by atoms with Crippen molar-refractivity contribution in [2.24, 2.45) is 5.92 Å². The number of hydrogen-bond acceptors (Lipinski definition) is 4. The summed E-state index contributed by atoms with van der Waals surface area (Å²) >= 11 is 0. The molecule has 1 aromatic carbocycles. The van der Waals surface area contributed by atoms with Crippen LogP contribution in [0.5, 0.6) is 11.5 Å². The van der Waals surface area contributed by atoms with Crippen molar-refractivity contribution < 1.29 is 24.5 Å². The predicted molar refractivity (Wildman–Crippen MR) is 80.6 cm³/mol. The van der Waals surface area contributed by atoms with E-state index in [-0.39, 0.29) is 17.6 Å². The number of carbonyl (C=O) groups excluding carboxylic acids is 1. The molecule has 1 aromatic rings. The van der Waals surface area contributed by atoms with Gasteiger partial charge in [0.25, 0.3) is 0 Å². The molecular weight excluding hydrogens is 286 g/mol. The Kier molecular flexibility index (Phi) is 5.04. The lowest BCUT2D eigenvalue weighted by Crippen LogP contribution is -2.39. The van der Waals surface area contributed by atoms with Crippen LogP contribution in [0.25, 0.3) is 6.08 Å². The molecule has 0 aromatic heterocycles. The van der Waals surface area contributed by atoms with Crippen molar-refractivity contribution in [1.82, 2.24) is 4.90 Å². The zero-order valence-corrected chi connectivity index (χ0v) is 12.4. The molecule has 118 valence electrons. The number of ether oxygens (including phenoxy) is 1. The van der Waals surface area contributed by atoms with Gasteiger partial charge in [0.1, 0.15) is 0 Å². The fourth-order valence-corrected chi connectivity index (χ4v) is 2.42. The van der Waals surface area contributed by atoms with Crippen molar-refractivity contribution in [3.63, 3.8) is 0 Å².